The van der Waals surface area contributed by atoms with Gasteiger partial charge in [-0.25, -0.2) is 4.98 Å². The molecule has 18 heavy (non-hydrogen) atoms. The highest BCUT2D eigenvalue weighted by Crippen LogP contribution is 2.36. The van der Waals surface area contributed by atoms with Crippen LogP contribution in [0.3, 0.4) is 0 Å². The summed E-state index contributed by atoms with van der Waals surface area (Å²) < 4.78 is 1.90. The van der Waals surface area contributed by atoms with E-state index in [1.165, 1.54) is 19.3 Å². The zero-order chi connectivity index (χ0) is 13.0. The first kappa shape index (κ1) is 14.3. The smallest absolute Gasteiger partial charge is 0.140 e. The van der Waals surface area contributed by atoms with E-state index in [9.17, 15) is 5.11 Å². The average molecular weight is 378 g/mol. The number of rotatable bonds is 4. The lowest BCUT2D eigenvalue weighted by Crippen LogP contribution is -2.35. The summed E-state index contributed by atoms with van der Waals surface area (Å²) in [6, 6.07) is 1.97. The highest BCUT2D eigenvalue weighted by molar-refractivity contribution is 9.11. The van der Waals surface area contributed by atoms with E-state index in [2.05, 4.69) is 42.2 Å². The number of nitrogens with zero attached hydrogens (tertiary/aromatic N) is 1. The molecule has 0 bridgehead atoms. The number of hydrogen-bond donors (Lipinski definition) is 2. The minimum absolute atomic E-state index is 0.0342. The molecule has 100 valence electrons. The molecule has 2 N–H and O–H groups in total. The summed E-state index contributed by atoms with van der Waals surface area (Å²) in [4.78, 5) is 4.34. The Morgan fingerprint density at radius 1 is 1.28 bits per heavy atom. The van der Waals surface area contributed by atoms with Crippen molar-refractivity contribution in [2.75, 3.05) is 18.5 Å². The lowest BCUT2D eigenvalue weighted by atomic mass is 9.74. The lowest BCUT2D eigenvalue weighted by Gasteiger charge is -2.35. The van der Waals surface area contributed by atoms with Crippen molar-refractivity contribution in [2.24, 2.45) is 5.41 Å². The highest BCUT2D eigenvalue weighted by Gasteiger charge is 2.31. The number of hydrogen-bond acceptors (Lipinski definition) is 3. The molecule has 1 saturated carbocycles. The molecule has 2 rings (SSSR count). The van der Waals surface area contributed by atoms with Crippen molar-refractivity contribution in [2.45, 2.75) is 32.1 Å². The molecular weight excluding hydrogens is 360 g/mol. The predicted molar refractivity (Wildman–Crippen MR) is 80.7 cm³/mol. The first-order valence-corrected chi connectivity index (χ1v) is 7.90. The van der Waals surface area contributed by atoms with Crippen molar-refractivity contribution in [3.8, 4) is 0 Å². The van der Waals surface area contributed by atoms with Crippen molar-refractivity contribution in [1.29, 1.82) is 0 Å². The highest BCUT2D eigenvalue weighted by atomic mass is 79.9. The summed E-state index contributed by atoms with van der Waals surface area (Å²) in [5.74, 6) is 0.844. The summed E-state index contributed by atoms with van der Waals surface area (Å²) in [7, 11) is 0. The third kappa shape index (κ3) is 3.45. The molecular formula is C13H18Br2N2O. The predicted octanol–water partition coefficient (Wildman–Crippen LogP) is 3.96. The molecule has 0 unspecified atom stereocenters. The Kier molecular flexibility index (Phi) is 5.04. The molecule has 1 heterocycles. The van der Waals surface area contributed by atoms with Crippen LogP contribution >= 0.6 is 31.9 Å². The minimum Gasteiger partial charge on any atom is -0.396 e. The molecule has 1 aliphatic rings. The maximum absolute atomic E-state index is 9.65. The van der Waals surface area contributed by atoms with Crippen LogP contribution in [0.2, 0.25) is 0 Å². The second-order valence-corrected chi connectivity index (χ2v) is 6.83. The van der Waals surface area contributed by atoms with Gasteiger partial charge in [-0.05, 0) is 50.8 Å². The van der Waals surface area contributed by atoms with E-state index < -0.39 is 0 Å². The summed E-state index contributed by atoms with van der Waals surface area (Å²) in [6.45, 7) is 1.05. The Balaban J connectivity index is 2.01. The molecule has 5 heteroatoms. The number of anilines is 1. The van der Waals surface area contributed by atoms with Gasteiger partial charge in [-0.2, -0.15) is 0 Å². The molecule has 0 amide bonds. The van der Waals surface area contributed by atoms with Gasteiger partial charge >= 0.3 is 0 Å². The van der Waals surface area contributed by atoms with E-state index in [1.54, 1.807) is 6.20 Å². The van der Waals surface area contributed by atoms with Crippen molar-refractivity contribution in [3.63, 3.8) is 0 Å². The lowest BCUT2D eigenvalue weighted by molar-refractivity contribution is 0.0943. The molecule has 0 saturated heterocycles. The van der Waals surface area contributed by atoms with Crippen molar-refractivity contribution < 1.29 is 5.11 Å². The van der Waals surface area contributed by atoms with E-state index >= 15 is 0 Å². The third-order valence-electron chi connectivity index (χ3n) is 3.69. The van der Waals surface area contributed by atoms with Crippen LogP contribution in [-0.4, -0.2) is 23.2 Å². The van der Waals surface area contributed by atoms with Crippen LogP contribution in [0.5, 0.6) is 0 Å². The molecule has 0 atom stereocenters. The fourth-order valence-electron chi connectivity index (χ4n) is 2.51. The second kappa shape index (κ2) is 6.35. The van der Waals surface area contributed by atoms with Gasteiger partial charge in [0.05, 0.1) is 11.1 Å². The Labute approximate surface area is 125 Å². The number of nitrogens with one attached hydrogen (secondary N) is 1. The number of pyridine rings is 1. The van der Waals surface area contributed by atoms with Crippen molar-refractivity contribution in [1.82, 2.24) is 4.98 Å². The molecule has 0 aromatic carbocycles. The quantitative estimate of drug-likeness (QED) is 0.834. The number of aliphatic hydroxyl groups excluding tert-OH is 1. The van der Waals surface area contributed by atoms with E-state index in [4.69, 9.17) is 0 Å². The second-order valence-electron chi connectivity index (χ2n) is 5.06. The standard InChI is InChI=1S/C13H18Br2N2O/c14-10-6-11(15)12(16-7-10)17-8-13(9-18)4-2-1-3-5-13/h6-7,18H,1-5,8-9H2,(H,16,17). The maximum atomic E-state index is 9.65. The van der Waals surface area contributed by atoms with Crippen LogP contribution < -0.4 is 5.32 Å². The van der Waals surface area contributed by atoms with Gasteiger partial charge in [0.25, 0.3) is 0 Å². The van der Waals surface area contributed by atoms with Crippen LogP contribution in [-0.2, 0) is 0 Å². The van der Waals surface area contributed by atoms with Crippen LogP contribution in [0.15, 0.2) is 21.2 Å². The average Bonchev–Trinajstić information content (AvgIpc) is 2.39. The molecule has 0 aliphatic heterocycles. The monoisotopic (exact) mass is 376 g/mol. The van der Waals surface area contributed by atoms with E-state index in [-0.39, 0.29) is 12.0 Å². The normalized spacial score (nSPS) is 18.6. The van der Waals surface area contributed by atoms with Crippen LogP contribution in [0.4, 0.5) is 5.82 Å². The summed E-state index contributed by atoms with van der Waals surface area (Å²) in [6.07, 6.45) is 7.71. The molecule has 0 spiro atoms. The Bertz CT molecular complexity index is 406. The third-order valence-corrected chi connectivity index (χ3v) is 4.73. The van der Waals surface area contributed by atoms with Crippen LogP contribution in [0, 0.1) is 5.41 Å². The van der Waals surface area contributed by atoms with Crippen LogP contribution in [0.25, 0.3) is 0 Å². The summed E-state index contributed by atoms with van der Waals surface area (Å²) in [5.41, 5.74) is 0.0342. The molecule has 1 aromatic heterocycles. The largest absolute Gasteiger partial charge is 0.396 e. The summed E-state index contributed by atoms with van der Waals surface area (Å²) >= 11 is 6.88. The van der Waals surface area contributed by atoms with Gasteiger partial charge in [-0.1, -0.05) is 19.3 Å². The Morgan fingerprint density at radius 2 is 2.00 bits per heavy atom. The van der Waals surface area contributed by atoms with Crippen LogP contribution in [0.1, 0.15) is 32.1 Å². The SMILES string of the molecule is OCC1(CNc2ncc(Br)cc2Br)CCCCC1. The zero-order valence-electron chi connectivity index (χ0n) is 10.3. The minimum atomic E-state index is 0.0342. The van der Waals surface area contributed by atoms with Gasteiger partial charge in [-0.15, -0.1) is 0 Å². The fourth-order valence-corrected chi connectivity index (χ4v) is 3.64. The number of aliphatic hydroxyl groups is 1. The topological polar surface area (TPSA) is 45.1 Å². The molecule has 1 aliphatic carbocycles. The summed E-state index contributed by atoms with van der Waals surface area (Å²) in [5, 5.41) is 13.0. The zero-order valence-corrected chi connectivity index (χ0v) is 13.4. The first-order chi connectivity index (χ1) is 8.65. The van der Waals surface area contributed by atoms with Crippen molar-refractivity contribution >= 4 is 37.7 Å². The van der Waals surface area contributed by atoms with Gasteiger partial charge in [0.2, 0.25) is 0 Å². The van der Waals surface area contributed by atoms with Crippen molar-refractivity contribution in [3.05, 3.63) is 21.2 Å². The Morgan fingerprint density at radius 3 is 2.61 bits per heavy atom. The van der Waals surface area contributed by atoms with Gasteiger partial charge in [0.1, 0.15) is 5.82 Å². The first-order valence-electron chi connectivity index (χ1n) is 6.31. The number of halogens is 2. The molecule has 1 aromatic rings. The Hall–Kier alpha value is -0.130. The van der Waals surface area contributed by atoms with Gasteiger partial charge in [0.15, 0.2) is 0 Å². The van der Waals surface area contributed by atoms with E-state index in [0.29, 0.717) is 0 Å². The van der Waals surface area contributed by atoms with Gasteiger partial charge in [-0.3, -0.25) is 0 Å². The molecule has 3 nitrogen and oxygen atoms in total. The van der Waals surface area contributed by atoms with E-state index in [0.717, 1.165) is 34.1 Å². The molecule has 0 radical (unpaired) electrons. The number of aromatic nitrogens is 1. The maximum Gasteiger partial charge on any atom is 0.140 e. The molecule has 1 fully saturated rings. The van der Waals surface area contributed by atoms with E-state index in [1.807, 2.05) is 6.07 Å². The van der Waals surface area contributed by atoms with Gasteiger partial charge < -0.3 is 10.4 Å². The fraction of sp³-hybridized carbons (Fsp3) is 0.615. The van der Waals surface area contributed by atoms with Gasteiger partial charge in [0, 0.05) is 22.6 Å².